The average Bonchev–Trinajstić information content (AvgIpc) is 3.00. The van der Waals surface area contributed by atoms with Crippen molar-refractivity contribution < 1.29 is 4.79 Å². The maximum atomic E-state index is 12.2. The van der Waals surface area contributed by atoms with Crippen molar-refractivity contribution in [3.63, 3.8) is 0 Å². The summed E-state index contributed by atoms with van der Waals surface area (Å²) in [5.41, 5.74) is 2.63. The smallest absolute Gasteiger partial charge is 0.229 e. The molecule has 0 radical (unpaired) electrons. The molecule has 3 rings (SSSR count). The third kappa shape index (κ3) is 3.36. The summed E-state index contributed by atoms with van der Waals surface area (Å²) in [6.45, 7) is 3.70. The molecule has 3 heterocycles. The van der Waals surface area contributed by atoms with E-state index in [2.05, 4.69) is 25.4 Å². The van der Waals surface area contributed by atoms with Crippen molar-refractivity contribution in [2.75, 3.05) is 23.3 Å². The molecule has 7 heteroatoms. The number of anilines is 2. The van der Waals surface area contributed by atoms with Crippen LogP contribution in [0.25, 0.3) is 0 Å². The molecule has 2 aromatic rings. The Balaban J connectivity index is 1.56. The standard InChI is InChI=1S/C14H17N5OS/c1-10-3-2-4-12(16-10)19-7-5-11(6-8-19)13(20)17-14-18-15-9-21-14/h2-4,9,11H,5-8H2,1H3,(H,17,18,20). The third-order valence-electron chi connectivity index (χ3n) is 3.65. The topological polar surface area (TPSA) is 71.0 Å². The molecule has 21 heavy (non-hydrogen) atoms. The van der Waals surface area contributed by atoms with Crippen molar-refractivity contribution in [2.45, 2.75) is 19.8 Å². The predicted octanol–water partition coefficient (Wildman–Crippen LogP) is 2.10. The molecule has 0 spiro atoms. The number of amides is 1. The lowest BCUT2D eigenvalue weighted by Gasteiger charge is -2.32. The Morgan fingerprint density at radius 2 is 2.19 bits per heavy atom. The molecule has 1 aliphatic heterocycles. The van der Waals surface area contributed by atoms with Gasteiger partial charge in [-0.1, -0.05) is 17.4 Å². The van der Waals surface area contributed by atoms with Crippen LogP contribution in [0.3, 0.4) is 0 Å². The Hall–Kier alpha value is -2.02. The van der Waals surface area contributed by atoms with Crippen molar-refractivity contribution >= 4 is 28.2 Å². The molecule has 1 N–H and O–H groups in total. The minimum absolute atomic E-state index is 0.0370. The van der Waals surface area contributed by atoms with Crippen LogP contribution in [0.4, 0.5) is 10.9 Å². The van der Waals surface area contributed by atoms with Gasteiger partial charge in [-0.15, -0.1) is 10.2 Å². The Bertz CT molecular complexity index is 608. The second-order valence-electron chi connectivity index (χ2n) is 5.13. The van der Waals surface area contributed by atoms with Gasteiger partial charge in [-0.2, -0.15) is 0 Å². The fourth-order valence-electron chi connectivity index (χ4n) is 2.51. The number of carbonyl (C=O) groups excluding carboxylic acids is 1. The number of piperidine rings is 1. The van der Waals surface area contributed by atoms with Crippen LogP contribution in [0.5, 0.6) is 0 Å². The SMILES string of the molecule is Cc1cccc(N2CCC(C(=O)Nc3nncs3)CC2)n1. The molecule has 0 aromatic carbocycles. The third-order valence-corrected chi connectivity index (χ3v) is 4.26. The normalized spacial score (nSPS) is 16.0. The van der Waals surface area contributed by atoms with Crippen LogP contribution in [0, 0.1) is 12.8 Å². The highest BCUT2D eigenvalue weighted by atomic mass is 32.1. The first kappa shape index (κ1) is 13.9. The molecule has 0 bridgehead atoms. The van der Waals surface area contributed by atoms with Gasteiger partial charge >= 0.3 is 0 Å². The molecule has 6 nitrogen and oxygen atoms in total. The lowest BCUT2D eigenvalue weighted by Crippen LogP contribution is -2.38. The largest absolute Gasteiger partial charge is 0.357 e. The first-order chi connectivity index (χ1) is 10.2. The minimum Gasteiger partial charge on any atom is -0.357 e. The zero-order valence-corrected chi connectivity index (χ0v) is 12.6. The molecule has 2 aromatic heterocycles. The Morgan fingerprint density at radius 3 is 2.86 bits per heavy atom. The molecule has 0 saturated carbocycles. The van der Waals surface area contributed by atoms with E-state index in [-0.39, 0.29) is 11.8 Å². The van der Waals surface area contributed by atoms with Crippen LogP contribution in [0.1, 0.15) is 18.5 Å². The van der Waals surface area contributed by atoms with Gasteiger partial charge in [0.2, 0.25) is 11.0 Å². The molecule has 1 amide bonds. The number of carbonyl (C=O) groups is 1. The molecule has 0 unspecified atom stereocenters. The number of rotatable bonds is 3. The van der Waals surface area contributed by atoms with E-state index in [4.69, 9.17) is 0 Å². The highest BCUT2D eigenvalue weighted by Gasteiger charge is 2.26. The quantitative estimate of drug-likeness (QED) is 0.940. The maximum Gasteiger partial charge on any atom is 0.229 e. The minimum atomic E-state index is 0.0370. The van der Waals surface area contributed by atoms with Gasteiger partial charge in [0, 0.05) is 24.7 Å². The van der Waals surface area contributed by atoms with Crippen LogP contribution >= 0.6 is 11.3 Å². The number of aryl methyl sites for hydroxylation is 1. The number of hydrogen-bond acceptors (Lipinski definition) is 6. The van der Waals surface area contributed by atoms with Crippen LogP contribution in [-0.2, 0) is 4.79 Å². The van der Waals surface area contributed by atoms with Crippen molar-refractivity contribution in [1.82, 2.24) is 15.2 Å². The van der Waals surface area contributed by atoms with Crippen LogP contribution < -0.4 is 10.2 Å². The number of nitrogens with one attached hydrogen (secondary N) is 1. The van der Waals surface area contributed by atoms with Gasteiger partial charge < -0.3 is 10.2 Å². The summed E-state index contributed by atoms with van der Waals surface area (Å²) in [5, 5.41) is 11.0. The summed E-state index contributed by atoms with van der Waals surface area (Å²) in [7, 11) is 0. The van der Waals surface area contributed by atoms with E-state index < -0.39 is 0 Å². The molecule has 110 valence electrons. The summed E-state index contributed by atoms with van der Waals surface area (Å²) in [6, 6.07) is 6.03. The molecular weight excluding hydrogens is 286 g/mol. The van der Waals surface area contributed by atoms with E-state index in [0.29, 0.717) is 5.13 Å². The number of nitrogens with zero attached hydrogens (tertiary/aromatic N) is 4. The summed E-state index contributed by atoms with van der Waals surface area (Å²) < 4.78 is 0. The van der Waals surface area contributed by atoms with Gasteiger partial charge in [-0.25, -0.2) is 4.98 Å². The summed E-state index contributed by atoms with van der Waals surface area (Å²) >= 11 is 1.34. The van der Waals surface area contributed by atoms with E-state index in [1.54, 1.807) is 5.51 Å². The maximum absolute atomic E-state index is 12.2. The molecule has 0 atom stereocenters. The second-order valence-corrected chi connectivity index (χ2v) is 5.96. The van der Waals surface area contributed by atoms with E-state index >= 15 is 0 Å². The summed E-state index contributed by atoms with van der Waals surface area (Å²) in [6.07, 6.45) is 1.67. The van der Waals surface area contributed by atoms with Gasteiger partial charge in [-0.3, -0.25) is 4.79 Å². The van der Waals surface area contributed by atoms with E-state index in [9.17, 15) is 4.79 Å². The van der Waals surface area contributed by atoms with Gasteiger partial charge in [0.1, 0.15) is 11.3 Å². The lowest BCUT2D eigenvalue weighted by molar-refractivity contribution is -0.120. The van der Waals surface area contributed by atoms with Crippen molar-refractivity contribution in [1.29, 1.82) is 0 Å². The molecule has 0 aliphatic carbocycles. The van der Waals surface area contributed by atoms with Gasteiger partial charge in [0.25, 0.3) is 0 Å². The van der Waals surface area contributed by atoms with Crippen LogP contribution in [0.15, 0.2) is 23.7 Å². The highest BCUT2D eigenvalue weighted by molar-refractivity contribution is 7.13. The lowest BCUT2D eigenvalue weighted by atomic mass is 9.96. The monoisotopic (exact) mass is 303 g/mol. The van der Waals surface area contributed by atoms with E-state index in [1.807, 2.05) is 25.1 Å². The van der Waals surface area contributed by atoms with Crippen molar-refractivity contribution in [3.05, 3.63) is 29.4 Å². The first-order valence-electron chi connectivity index (χ1n) is 6.98. The van der Waals surface area contributed by atoms with Gasteiger partial charge in [0.05, 0.1) is 0 Å². The zero-order valence-electron chi connectivity index (χ0n) is 11.8. The van der Waals surface area contributed by atoms with E-state index in [0.717, 1.165) is 37.4 Å². The number of aromatic nitrogens is 3. The molecular formula is C14H17N5OS. The first-order valence-corrected chi connectivity index (χ1v) is 7.86. The van der Waals surface area contributed by atoms with E-state index in [1.165, 1.54) is 11.3 Å². The van der Waals surface area contributed by atoms with Gasteiger partial charge in [0.15, 0.2) is 0 Å². The van der Waals surface area contributed by atoms with Crippen LogP contribution in [0.2, 0.25) is 0 Å². The second kappa shape index (κ2) is 6.17. The van der Waals surface area contributed by atoms with Gasteiger partial charge in [-0.05, 0) is 31.9 Å². The van der Waals surface area contributed by atoms with Crippen molar-refractivity contribution in [2.24, 2.45) is 5.92 Å². The van der Waals surface area contributed by atoms with Crippen molar-refractivity contribution in [3.8, 4) is 0 Å². The molecule has 1 saturated heterocycles. The Labute approximate surface area is 127 Å². The molecule has 1 aliphatic rings. The predicted molar refractivity (Wildman–Crippen MR) is 82.4 cm³/mol. The van der Waals surface area contributed by atoms with Crippen LogP contribution in [-0.4, -0.2) is 34.2 Å². The average molecular weight is 303 g/mol. The highest BCUT2D eigenvalue weighted by Crippen LogP contribution is 2.23. The Kier molecular flexibility index (Phi) is 4.10. The summed E-state index contributed by atoms with van der Waals surface area (Å²) in [4.78, 5) is 18.9. The number of hydrogen-bond donors (Lipinski definition) is 1. The number of pyridine rings is 1. The zero-order chi connectivity index (χ0) is 14.7. The Morgan fingerprint density at radius 1 is 1.38 bits per heavy atom. The molecule has 1 fully saturated rings. The fraction of sp³-hybridized carbons (Fsp3) is 0.429. The fourth-order valence-corrected chi connectivity index (χ4v) is 2.96. The summed E-state index contributed by atoms with van der Waals surface area (Å²) in [5.74, 6) is 1.08.